The van der Waals surface area contributed by atoms with Gasteiger partial charge in [-0.05, 0) is 32.4 Å². The minimum atomic E-state index is -0.577. The molecule has 0 saturated heterocycles. The van der Waals surface area contributed by atoms with Crippen molar-refractivity contribution in [1.82, 2.24) is 15.5 Å². The number of hydrogen-bond acceptors (Lipinski definition) is 5. The van der Waals surface area contributed by atoms with Crippen LogP contribution in [0.1, 0.15) is 30.4 Å². The van der Waals surface area contributed by atoms with Gasteiger partial charge in [0.25, 0.3) is 5.91 Å². The molecule has 1 amide bonds. The summed E-state index contributed by atoms with van der Waals surface area (Å²) in [4.78, 5) is 16.7. The van der Waals surface area contributed by atoms with E-state index in [4.69, 9.17) is 9.26 Å². The summed E-state index contributed by atoms with van der Waals surface area (Å²) in [6.45, 7) is 6.08. The number of amides is 1. The minimum absolute atomic E-state index is 0.158. The second kappa shape index (κ2) is 8.49. The Morgan fingerprint density at radius 2 is 1.70 bits per heavy atom. The van der Waals surface area contributed by atoms with E-state index in [2.05, 4.69) is 15.5 Å². The quantitative estimate of drug-likeness (QED) is 0.688. The van der Waals surface area contributed by atoms with Crippen molar-refractivity contribution < 1.29 is 14.1 Å². The molecule has 3 rings (SSSR count). The maximum Gasteiger partial charge on any atom is 0.261 e. The summed E-state index contributed by atoms with van der Waals surface area (Å²) < 4.78 is 11.0. The maximum atomic E-state index is 12.4. The van der Waals surface area contributed by atoms with Gasteiger partial charge in [0, 0.05) is 5.56 Å². The molecule has 0 aliphatic carbocycles. The number of carbonyl (C=O) groups is 1. The molecule has 1 N–H and O–H groups in total. The zero-order valence-electron chi connectivity index (χ0n) is 15.7. The third-order valence-electron chi connectivity index (χ3n) is 4.15. The van der Waals surface area contributed by atoms with E-state index in [1.165, 1.54) is 0 Å². The first-order valence-corrected chi connectivity index (χ1v) is 8.96. The molecule has 0 saturated carbocycles. The monoisotopic (exact) mass is 365 g/mol. The minimum Gasteiger partial charge on any atom is -0.481 e. The zero-order valence-corrected chi connectivity index (χ0v) is 15.7. The van der Waals surface area contributed by atoms with Crippen LogP contribution in [-0.4, -0.2) is 22.2 Å². The third-order valence-corrected chi connectivity index (χ3v) is 4.15. The molecule has 1 unspecified atom stereocenters. The van der Waals surface area contributed by atoms with Crippen molar-refractivity contribution in [2.45, 2.75) is 39.8 Å². The average molecular weight is 365 g/mol. The van der Waals surface area contributed by atoms with Crippen molar-refractivity contribution in [2.75, 3.05) is 0 Å². The molecule has 1 heterocycles. The van der Waals surface area contributed by atoms with Crippen LogP contribution >= 0.6 is 0 Å². The first kappa shape index (κ1) is 18.6. The van der Waals surface area contributed by atoms with E-state index in [9.17, 15) is 4.79 Å². The average Bonchev–Trinajstić information content (AvgIpc) is 3.15. The highest BCUT2D eigenvalue weighted by Gasteiger charge is 2.19. The SMILES string of the molecule is CCC(Oc1ccc(C)cc1)C(=O)NCc1nc(-c2ccc(C)cc2)no1. The van der Waals surface area contributed by atoms with Gasteiger partial charge in [-0.1, -0.05) is 59.6 Å². The van der Waals surface area contributed by atoms with Crippen LogP contribution in [0, 0.1) is 13.8 Å². The highest BCUT2D eigenvalue weighted by Crippen LogP contribution is 2.17. The molecule has 0 radical (unpaired) electrons. The standard InChI is InChI=1S/C21H23N3O3/c1-4-18(26-17-11-7-15(3)8-12-17)21(25)22-13-19-23-20(24-27-19)16-9-5-14(2)6-10-16/h5-12,18H,4,13H2,1-3H3,(H,22,25). The Morgan fingerprint density at radius 1 is 1.07 bits per heavy atom. The molecule has 0 aliphatic heterocycles. The highest BCUT2D eigenvalue weighted by atomic mass is 16.5. The number of nitrogens with zero attached hydrogens (tertiary/aromatic N) is 2. The fraction of sp³-hybridized carbons (Fsp3) is 0.286. The Labute approximate surface area is 158 Å². The van der Waals surface area contributed by atoms with Crippen molar-refractivity contribution in [3.63, 3.8) is 0 Å². The normalized spacial score (nSPS) is 11.8. The van der Waals surface area contributed by atoms with E-state index in [1.54, 1.807) is 0 Å². The topological polar surface area (TPSA) is 77.2 Å². The Hall–Kier alpha value is -3.15. The zero-order chi connectivity index (χ0) is 19.2. The van der Waals surface area contributed by atoms with Gasteiger partial charge in [0.2, 0.25) is 11.7 Å². The smallest absolute Gasteiger partial charge is 0.261 e. The van der Waals surface area contributed by atoms with Crippen molar-refractivity contribution in [3.05, 3.63) is 65.5 Å². The van der Waals surface area contributed by atoms with Gasteiger partial charge in [-0.3, -0.25) is 4.79 Å². The van der Waals surface area contributed by atoms with Gasteiger partial charge in [0.05, 0.1) is 6.54 Å². The molecule has 0 spiro atoms. The number of ether oxygens (including phenoxy) is 1. The van der Waals surface area contributed by atoms with E-state index in [-0.39, 0.29) is 12.5 Å². The molecule has 6 heteroatoms. The molecule has 2 aromatic carbocycles. The van der Waals surface area contributed by atoms with Gasteiger partial charge in [0.15, 0.2) is 6.10 Å². The molecule has 3 aromatic rings. The van der Waals surface area contributed by atoms with Gasteiger partial charge in [-0.2, -0.15) is 4.98 Å². The van der Waals surface area contributed by atoms with Crippen LogP contribution in [0.4, 0.5) is 0 Å². The first-order valence-electron chi connectivity index (χ1n) is 8.96. The summed E-state index contributed by atoms with van der Waals surface area (Å²) in [5.41, 5.74) is 3.17. The second-order valence-electron chi connectivity index (χ2n) is 6.42. The fourth-order valence-electron chi connectivity index (χ4n) is 2.53. The number of rotatable bonds is 7. The lowest BCUT2D eigenvalue weighted by molar-refractivity contribution is -0.128. The Bertz CT molecular complexity index is 886. The number of aromatic nitrogens is 2. The molecule has 1 aromatic heterocycles. The Morgan fingerprint density at radius 3 is 2.33 bits per heavy atom. The summed E-state index contributed by atoms with van der Waals surface area (Å²) >= 11 is 0. The fourth-order valence-corrected chi connectivity index (χ4v) is 2.53. The highest BCUT2D eigenvalue weighted by molar-refractivity contribution is 5.81. The van der Waals surface area contributed by atoms with Crippen LogP contribution < -0.4 is 10.1 Å². The number of nitrogens with one attached hydrogen (secondary N) is 1. The third kappa shape index (κ3) is 4.94. The lowest BCUT2D eigenvalue weighted by atomic mass is 10.1. The lowest BCUT2D eigenvalue weighted by Crippen LogP contribution is -2.37. The van der Waals surface area contributed by atoms with Gasteiger partial charge in [-0.15, -0.1) is 0 Å². The largest absolute Gasteiger partial charge is 0.481 e. The second-order valence-corrected chi connectivity index (χ2v) is 6.42. The number of hydrogen-bond donors (Lipinski definition) is 1. The Balaban J connectivity index is 1.57. The summed E-state index contributed by atoms with van der Waals surface area (Å²) in [5.74, 6) is 1.31. The maximum absolute atomic E-state index is 12.4. The van der Waals surface area contributed by atoms with E-state index in [0.29, 0.717) is 23.9 Å². The summed E-state index contributed by atoms with van der Waals surface area (Å²) in [6, 6.07) is 15.5. The molecule has 0 fully saturated rings. The van der Waals surface area contributed by atoms with Gasteiger partial charge < -0.3 is 14.6 Å². The van der Waals surface area contributed by atoms with E-state index in [1.807, 2.05) is 69.3 Å². The molecule has 0 bridgehead atoms. The molecule has 27 heavy (non-hydrogen) atoms. The van der Waals surface area contributed by atoms with E-state index in [0.717, 1.165) is 16.7 Å². The predicted octanol–water partition coefficient (Wildman–Crippen LogP) is 3.83. The van der Waals surface area contributed by atoms with E-state index >= 15 is 0 Å². The summed E-state index contributed by atoms with van der Waals surface area (Å²) in [5, 5.41) is 6.76. The van der Waals surface area contributed by atoms with Crippen LogP contribution in [0.5, 0.6) is 5.75 Å². The van der Waals surface area contributed by atoms with Crippen molar-refractivity contribution >= 4 is 5.91 Å². The van der Waals surface area contributed by atoms with Crippen molar-refractivity contribution in [1.29, 1.82) is 0 Å². The number of carbonyl (C=O) groups excluding carboxylic acids is 1. The van der Waals surface area contributed by atoms with Gasteiger partial charge in [0.1, 0.15) is 5.75 Å². The summed E-state index contributed by atoms with van der Waals surface area (Å²) in [6.07, 6.45) is -0.0229. The number of benzene rings is 2. The first-order chi connectivity index (χ1) is 13.0. The van der Waals surface area contributed by atoms with Crippen LogP contribution in [0.15, 0.2) is 53.1 Å². The van der Waals surface area contributed by atoms with E-state index < -0.39 is 6.10 Å². The summed E-state index contributed by atoms with van der Waals surface area (Å²) in [7, 11) is 0. The van der Waals surface area contributed by atoms with Crippen LogP contribution in [0.2, 0.25) is 0 Å². The van der Waals surface area contributed by atoms with Gasteiger partial charge in [-0.25, -0.2) is 0 Å². The predicted molar refractivity (Wildman–Crippen MR) is 102 cm³/mol. The lowest BCUT2D eigenvalue weighted by Gasteiger charge is -2.16. The van der Waals surface area contributed by atoms with Crippen LogP contribution in [-0.2, 0) is 11.3 Å². The molecular formula is C21H23N3O3. The van der Waals surface area contributed by atoms with Gasteiger partial charge >= 0.3 is 0 Å². The molecule has 1 atom stereocenters. The van der Waals surface area contributed by atoms with Crippen molar-refractivity contribution in [2.24, 2.45) is 0 Å². The molecule has 140 valence electrons. The van der Waals surface area contributed by atoms with Crippen molar-refractivity contribution in [3.8, 4) is 17.1 Å². The van der Waals surface area contributed by atoms with Crippen LogP contribution in [0.3, 0.4) is 0 Å². The molecule has 0 aliphatic rings. The molecular weight excluding hydrogens is 342 g/mol. The van der Waals surface area contributed by atoms with Crippen LogP contribution in [0.25, 0.3) is 11.4 Å². The molecule has 6 nitrogen and oxygen atoms in total. The Kier molecular flexibility index (Phi) is 5.86. The number of aryl methyl sites for hydroxylation is 2.